The highest BCUT2D eigenvalue weighted by Gasteiger charge is 2.55. The number of hydrogen-bond donors (Lipinski definition) is 2. The van der Waals surface area contributed by atoms with E-state index in [9.17, 15) is 14.0 Å². The molecule has 5 heteroatoms. The van der Waals surface area contributed by atoms with Gasteiger partial charge in [-0.05, 0) is 11.1 Å². The maximum atomic E-state index is 13.8. The fourth-order valence-electron chi connectivity index (χ4n) is 2.89. The largest absolute Gasteiger partial charge is 0.322 e. The van der Waals surface area contributed by atoms with Gasteiger partial charge in [-0.2, -0.15) is 0 Å². The highest BCUT2D eigenvalue weighted by Crippen LogP contribution is 2.49. The predicted octanol–water partition coefficient (Wildman–Crippen LogP) is 2.16. The van der Waals surface area contributed by atoms with Crippen LogP contribution in [-0.4, -0.2) is 11.9 Å². The fourth-order valence-corrected chi connectivity index (χ4v) is 2.89. The summed E-state index contributed by atoms with van der Waals surface area (Å²) in [4.78, 5) is 23.8. The summed E-state index contributed by atoms with van der Waals surface area (Å²) in [7, 11) is 0. The van der Waals surface area contributed by atoms with E-state index in [0.717, 1.165) is 0 Å². The second-order valence-corrected chi connectivity index (χ2v) is 4.60. The minimum atomic E-state index is -1.42. The summed E-state index contributed by atoms with van der Waals surface area (Å²) in [5, 5.41) is 4.78. The van der Waals surface area contributed by atoms with Crippen molar-refractivity contribution in [3.8, 4) is 0 Å². The molecule has 3 amide bonds. The Morgan fingerprint density at radius 3 is 2.55 bits per heavy atom. The van der Waals surface area contributed by atoms with Crippen LogP contribution in [0.2, 0.25) is 0 Å². The van der Waals surface area contributed by atoms with Crippen LogP contribution in [0.5, 0.6) is 0 Å². The lowest BCUT2D eigenvalue weighted by atomic mass is 9.86. The number of urea groups is 1. The molecule has 1 saturated heterocycles. The van der Waals surface area contributed by atoms with Gasteiger partial charge in [0.15, 0.2) is 5.54 Å². The van der Waals surface area contributed by atoms with Gasteiger partial charge in [-0.1, -0.05) is 43.5 Å². The maximum Gasteiger partial charge on any atom is 0.322 e. The Labute approximate surface area is 114 Å². The zero-order chi connectivity index (χ0) is 14.5. The molecule has 1 aromatic rings. The molecule has 0 bridgehead atoms. The monoisotopic (exact) mass is 270 g/mol. The number of rotatable bonds is 2. The Hall–Kier alpha value is -2.69. The molecule has 1 fully saturated rings. The van der Waals surface area contributed by atoms with Gasteiger partial charge in [0.25, 0.3) is 5.91 Å². The molecule has 4 nitrogen and oxygen atoms in total. The van der Waals surface area contributed by atoms with E-state index in [2.05, 4.69) is 23.8 Å². The van der Waals surface area contributed by atoms with Crippen molar-refractivity contribution < 1.29 is 14.0 Å². The molecule has 20 heavy (non-hydrogen) atoms. The van der Waals surface area contributed by atoms with Gasteiger partial charge in [-0.25, -0.2) is 9.18 Å². The van der Waals surface area contributed by atoms with E-state index >= 15 is 0 Å². The first-order valence-corrected chi connectivity index (χ1v) is 5.98. The number of fused-ring (bicyclic) bond motifs is 2. The van der Waals surface area contributed by atoms with E-state index in [1.54, 1.807) is 24.3 Å². The molecular weight excluding hydrogens is 259 g/mol. The molecule has 0 aromatic heterocycles. The molecule has 3 rings (SSSR count). The maximum absolute atomic E-state index is 13.8. The van der Waals surface area contributed by atoms with Crippen LogP contribution in [0, 0.1) is 0 Å². The van der Waals surface area contributed by atoms with Crippen molar-refractivity contribution in [2.75, 3.05) is 0 Å². The molecular formula is C15H11FN2O2. The van der Waals surface area contributed by atoms with Gasteiger partial charge in [-0.15, -0.1) is 0 Å². The first kappa shape index (κ1) is 12.3. The number of halogens is 1. The smallest absolute Gasteiger partial charge is 0.316 e. The molecule has 0 radical (unpaired) electrons. The van der Waals surface area contributed by atoms with Crippen LogP contribution in [-0.2, 0) is 10.3 Å². The van der Waals surface area contributed by atoms with E-state index < -0.39 is 23.3 Å². The zero-order valence-electron chi connectivity index (χ0n) is 10.5. The number of carbonyl (C=O) groups is 2. The standard InChI is InChI=1S/C15H11FN2O2/c1-3-10-12(8(2)16)9-6-4-5-7-11(9)15(10)13(19)17-14(20)18-15/h3-7H,1-2H2,(H2,17,18,19,20). The van der Waals surface area contributed by atoms with Gasteiger partial charge in [0.05, 0.1) is 0 Å². The Kier molecular flexibility index (Phi) is 2.41. The second kappa shape index (κ2) is 3.90. The van der Waals surface area contributed by atoms with Crippen molar-refractivity contribution in [1.82, 2.24) is 10.6 Å². The molecule has 1 spiro atoms. The number of hydrogen-bond acceptors (Lipinski definition) is 2. The molecule has 1 atom stereocenters. The van der Waals surface area contributed by atoms with Crippen LogP contribution < -0.4 is 10.6 Å². The third-order valence-electron chi connectivity index (χ3n) is 3.62. The summed E-state index contributed by atoms with van der Waals surface area (Å²) < 4.78 is 13.8. The Morgan fingerprint density at radius 2 is 2.00 bits per heavy atom. The third kappa shape index (κ3) is 1.29. The molecule has 2 N–H and O–H groups in total. The summed E-state index contributed by atoms with van der Waals surface area (Å²) in [5.41, 5.74) is 0.140. The number of benzene rings is 1. The van der Waals surface area contributed by atoms with Crippen molar-refractivity contribution in [2.45, 2.75) is 5.54 Å². The minimum absolute atomic E-state index is 0.202. The van der Waals surface area contributed by atoms with Gasteiger partial charge >= 0.3 is 6.03 Å². The topological polar surface area (TPSA) is 58.2 Å². The lowest BCUT2D eigenvalue weighted by Gasteiger charge is -2.24. The van der Waals surface area contributed by atoms with E-state index in [1.807, 2.05) is 0 Å². The lowest BCUT2D eigenvalue weighted by Crippen LogP contribution is -2.43. The number of allylic oxidation sites excluding steroid dienone is 2. The van der Waals surface area contributed by atoms with Crippen LogP contribution in [0.15, 0.2) is 54.9 Å². The van der Waals surface area contributed by atoms with Crippen molar-refractivity contribution >= 4 is 17.5 Å². The molecule has 1 heterocycles. The average Bonchev–Trinajstić information content (AvgIpc) is 2.86. The predicted molar refractivity (Wildman–Crippen MR) is 72.2 cm³/mol. The summed E-state index contributed by atoms with van der Waals surface area (Å²) >= 11 is 0. The molecule has 1 unspecified atom stereocenters. The average molecular weight is 270 g/mol. The van der Waals surface area contributed by atoms with Gasteiger partial charge in [-0.3, -0.25) is 10.1 Å². The Morgan fingerprint density at radius 1 is 1.30 bits per heavy atom. The van der Waals surface area contributed by atoms with Gasteiger partial charge in [0.2, 0.25) is 0 Å². The van der Waals surface area contributed by atoms with Crippen LogP contribution in [0.1, 0.15) is 11.1 Å². The van der Waals surface area contributed by atoms with E-state index in [4.69, 9.17) is 0 Å². The molecule has 100 valence electrons. The van der Waals surface area contributed by atoms with Crippen LogP contribution in [0.3, 0.4) is 0 Å². The zero-order valence-corrected chi connectivity index (χ0v) is 10.5. The van der Waals surface area contributed by atoms with E-state index in [0.29, 0.717) is 16.7 Å². The molecule has 1 aromatic carbocycles. The minimum Gasteiger partial charge on any atom is -0.316 e. The van der Waals surface area contributed by atoms with Crippen LogP contribution >= 0.6 is 0 Å². The Balaban J connectivity index is 2.40. The number of nitrogens with one attached hydrogen (secondary N) is 2. The molecule has 2 aliphatic rings. The first-order chi connectivity index (χ1) is 9.52. The van der Waals surface area contributed by atoms with Crippen molar-refractivity contribution in [1.29, 1.82) is 0 Å². The summed E-state index contributed by atoms with van der Waals surface area (Å²) in [5.74, 6) is -1.21. The number of carbonyl (C=O) groups excluding carboxylic acids is 2. The second-order valence-electron chi connectivity index (χ2n) is 4.60. The summed E-state index contributed by atoms with van der Waals surface area (Å²) in [6, 6.07) is 6.21. The highest BCUT2D eigenvalue weighted by molar-refractivity contribution is 6.14. The molecule has 0 saturated carbocycles. The fraction of sp³-hybridized carbons (Fsp3) is 0.0667. The van der Waals surface area contributed by atoms with Gasteiger partial charge in [0, 0.05) is 11.1 Å². The van der Waals surface area contributed by atoms with Crippen molar-refractivity contribution in [3.05, 3.63) is 66.0 Å². The molecule has 1 aliphatic carbocycles. The molecule has 1 aliphatic heterocycles. The highest BCUT2D eigenvalue weighted by atomic mass is 19.1. The van der Waals surface area contributed by atoms with E-state index in [1.165, 1.54) is 6.08 Å². The Bertz CT molecular complexity index is 720. The van der Waals surface area contributed by atoms with Gasteiger partial charge in [0.1, 0.15) is 5.83 Å². The van der Waals surface area contributed by atoms with Crippen LogP contribution in [0.4, 0.5) is 9.18 Å². The number of amides is 3. The first-order valence-electron chi connectivity index (χ1n) is 5.98. The summed E-state index contributed by atoms with van der Waals surface area (Å²) in [6.07, 6.45) is 1.38. The summed E-state index contributed by atoms with van der Waals surface area (Å²) in [6.45, 7) is 6.96. The SMILES string of the molecule is C=CC1=C(C(=C)F)c2ccccc2C12NC(=O)NC2=O. The van der Waals surface area contributed by atoms with Gasteiger partial charge < -0.3 is 5.32 Å². The number of imide groups is 1. The van der Waals surface area contributed by atoms with Crippen molar-refractivity contribution in [2.24, 2.45) is 0 Å². The normalized spacial score (nSPS) is 23.6. The lowest BCUT2D eigenvalue weighted by molar-refractivity contribution is -0.122. The van der Waals surface area contributed by atoms with Crippen LogP contribution in [0.25, 0.3) is 5.57 Å². The van der Waals surface area contributed by atoms with Crippen molar-refractivity contribution in [3.63, 3.8) is 0 Å². The van der Waals surface area contributed by atoms with E-state index in [-0.39, 0.29) is 5.57 Å². The third-order valence-corrected chi connectivity index (χ3v) is 3.62. The quantitative estimate of drug-likeness (QED) is 0.809.